The van der Waals surface area contributed by atoms with E-state index >= 15 is 0 Å². The summed E-state index contributed by atoms with van der Waals surface area (Å²) in [4.78, 5) is 45.5. The fourth-order valence-corrected chi connectivity index (χ4v) is 5.37. The van der Waals surface area contributed by atoms with E-state index < -0.39 is 29.5 Å². The summed E-state index contributed by atoms with van der Waals surface area (Å²) in [6.07, 6.45) is 1.45. The van der Waals surface area contributed by atoms with Crippen molar-refractivity contribution in [3.63, 3.8) is 0 Å². The van der Waals surface area contributed by atoms with E-state index in [0.717, 1.165) is 11.3 Å². The van der Waals surface area contributed by atoms with Gasteiger partial charge in [-0.1, -0.05) is 42.2 Å². The molecule has 3 heterocycles. The topological polar surface area (TPSA) is 106 Å². The van der Waals surface area contributed by atoms with Crippen LogP contribution in [0.25, 0.3) is 0 Å². The van der Waals surface area contributed by atoms with Crippen LogP contribution < -0.4 is 9.64 Å². The standard InChI is InChI=1S/C25H22N2O6S2/c1-4-11-33-24(31)22-14(3)26-25(35-22)27-19(15-8-6-9-16(13-15)32-5-2)18(21(29)23(27)30)20(28)17-10-7-12-34-17/h4,6-10,12-13,19,29H,1,5,11H2,2-3H3. The number of carbonyl (C=O) groups is 3. The fraction of sp³-hybridized carbons (Fsp3) is 0.200. The molecule has 4 rings (SSSR count). The lowest BCUT2D eigenvalue weighted by Crippen LogP contribution is -2.31. The first kappa shape index (κ1) is 24.4. The number of hydrogen-bond donors (Lipinski definition) is 1. The number of aliphatic hydroxyl groups excluding tert-OH is 1. The summed E-state index contributed by atoms with van der Waals surface area (Å²) in [5.41, 5.74) is 0.859. The minimum absolute atomic E-state index is 0.0306. The Kier molecular flexibility index (Phi) is 7.13. The molecule has 0 saturated carbocycles. The maximum absolute atomic E-state index is 13.4. The lowest BCUT2D eigenvalue weighted by molar-refractivity contribution is -0.117. The molecule has 0 fully saturated rings. The number of hydrogen-bond acceptors (Lipinski definition) is 9. The first-order valence-corrected chi connectivity index (χ1v) is 12.4. The van der Waals surface area contributed by atoms with E-state index in [1.165, 1.54) is 22.3 Å². The summed E-state index contributed by atoms with van der Waals surface area (Å²) in [5.74, 6) is -1.94. The van der Waals surface area contributed by atoms with E-state index in [1.807, 2.05) is 6.92 Å². The van der Waals surface area contributed by atoms with Crippen molar-refractivity contribution in [2.45, 2.75) is 19.9 Å². The third-order valence-corrected chi connectivity index (χ3v) is 7.20. The lowest BCUT2D eigenvalue weighted by Gasteiger charge is -2.24. The van der Waals surface area contributed by atoms with Crippen LogP contribution in [0, 0.1) is 6.92 Å². The Morgan fingerprint density at radius 1 is 1.29 bits per heavy atom. The van der Waals surface area contributed by atoms with E-state index in [-0.39, 0.29) is 22.2 Å². The fourth-order valence-electron chi connectivity index (χ4n) is 3.71. The van der Waals surface area contributed by atoms with Gasteiger partial charge in [0.05, 0.1) is 28.8 Å². The number of Topliss-reactive ketones (excluding diaryl/α,β-unsaturated/α-hetero) is 1. The molecule has 35 heavy (non-hydrogen) atoms. The molecule has 10 heteroatoms. The van der Waals surface area contributed by atoms with E-state index in [2.05, 4.69) is 11.6 Å². The van der Waals surface area contributed by atoms with Crippen molar-refractivity contribution in [2.24, 2.45) is 0 Å². The predicted octanol–water partition coefficient (Wildman–Crippen LogP) is 5.04. The summed E-state index contributed by atoms with van der Waals surface area (Å²) in [6, 6.07) is 9.36. The number of aliphatic hydroxyl groups is 1. The molecule has 1 aromatic carbocycles. The lowest BCUT2D eigenvalue weighted by atomic mass is 9.95. The maximum atomic E-state index is 13.4. The Balaban J connectivity index is 1.83. The number of rotatable bonds is 9. The number of benzene rings is 1. The molecule has 0 aliphatic carbocycles. The second-order valence-corrected chi connectivity index (χ2v) is 9.38. The third-order valence-electron chi connectivity index (χ3n) is 5.19. The summed E-state index contributed by atoms with van der Waals surface area (Å²) < 4.78 is 10.7. The molecule has 0 radical (unpaired) electrons. The van der Waals surface area contributed by atoms with Crippen LogP contribution in [-0.4, -0.2) is 41.0 Å². The Bertz CT molecular complexity index is 1330. The van der Waals surface area contributed by atoms with Gasteiger partial charge in [0.2, 0.25) is 5.78 Å². The van der Waals surface area contributed by atoms with Gasteiger partial charge in [0.1, 0.15) is 17.2 Å². The number of ketones is 1. The number of thiazole rings is 1. The molecule has 3 aromatic rings. The second kappa shape index (κ2) is 10.2. The van der Waals surface area contributed by atoms with Gasteiger partial charge in [-0.05, 0) is 43.0 Å². The van der Waals surface area contributed by atoms with Crippen molar-refractivity contribution >= 4 is 45.5 Å². The summed E-state index contributed by atoms with van der Waals surface area (Å²) in [7, 11) is 0. The van der Waals surface area contributed by atoms with Gasteiger partial charge in [-0.2, -0.15) is 0 Å². The Hall–Kier alpha value is -3.76. The molecule has 0 bridgehead atoms. The Morgan fingerprint density at radius 2 is 2.09 bits per heavy atom. The first-order chi connectivity index (χ1) is 16.9. The summed E-state index contributed by atoms with van der Waals surface area (Å²) >= 11 is 2.17. The highest BCUT2D eigenvalue weighted by atomic mass is 32.1. The van der Waals surface area contributed by atoms with Gasteiger partial charge in [0, 0.05) is 0 Å². The summed E-state index contributed by atoms with van der Waals surface area (Å²) in [5, 5.41) is 12.8. The van der Waals surface area contributed by atoms with Crippen LogP contribution >= 0.6 is 22.7 Å². The minimum atomic E-state index is -0.972. The zero-order chi connectivity index (χ0) is 25.1. The highest BCUT2D eigenvalue weighted by Gasteiger charge is 2.46. The zero-order valence-electron chi connectivity index (χ0n) is 19.0. The maximum Gasteiger partial charge on any atom is 0.350 e. The number of esters is 1. The van der Waals surface area contributed by atoms with Gasteiger partial charge in [-0.15, -0.1) is 11.3 Å². The zero-order valence-corrected chi connectivity index (χ0v) is 20.6. The number of thiophene rings is 1. The van der Waals surface area contributed by atoms with Crippen molar-refractivity contribution in [1.29, 1.82) is 0 Å². The predicted molar refractivity (Wildman–Crippen MR) is 133 cm³/mol. The number of aromatic nitrogens is 1. The van der Waals surface area contributed by atoms with Crippen LogP contribution in [-0.2, 0) is 9.53 Å². The van der Waals surface area contributed by atoms with Crippen LogP contribution in [0.1, 0.15) is 43.6 Å². The highest BCUT2D eigenvalue weighted by molar-refractivity contribution is 7.17. The van der Waals surface area contributed by atoms with E-state index in [9.17, 15) is 19.5 Å². The van der Waals surface area contributed by atoms with Crippen LogP contribution in [0.4, 0.5) is 5.13 Å². The van der Waals surface area contributed by atoms with Gasteiger partial charge in [-0.3, -0.25) is 14.5 Å². The van der Waals surface area contributed by atoms with Crippen LogP contribution in [0.2, 0.25) is 0 Å². The monoisotopic (exact) mass is 510 g/mol. The van der Waals surface area contributed by atoms with Crippen molar-refractivity contribution in [2.75, 3.05) is 18.1 Å². The van der Waals surface area contributed by atoms with E-state index in [0.29, 0.717) is 28.5 Å². The Labute approximate surface area is 209 Å². The minimum Gasteiger partial charge on any atom is -0.503 e. The van der Waals surface area contributed by atoms with Crippen molar-refractivity contribution < 1.29 is 29.0 Å². The largest absolute Gasteiger partial charge is 0.503 e. The summed E-state index contributed by atoms with van der Waals surface area (Å²) in [6.45, 7) is 7.46. The van der Waals surface area contributed by atoms with Crippen molar-refractivity contribution in [1.82, 2.24) is 4.98 Å². The first-order valence-electron chi connectivity index (χ1n) is 10.7. The molecule has 0 spiro atoms. The average molecular weight is 511 g/mol. The molecular formula is C25H22N2O6S2. The number of carbonyl (C=O) groups excluding carboxylic acids is 3. The van der Waals surface area contributed by atoms with Gasteiger partial charge in [0.25, 0.3) is 5.91 Å². The average Bonchev–Trinajstić information content (AvgIpc) is 3.57. The molecule has 1 N–H and O–H groups in total. The van der Waals surface area contributed by atoms with Gasteiger partial charge < -0.3 is 14.6 Å². The van der Waals surface area contributed by atoms with Crippen LogP contribution in [0.15, 0.2) is 65.8 Å². The Morgan fingerprint density at radius 3 is 2.77 bits per heavy atom. The molecule has 8 nitrogen and oxygen atoms in total. The third kappa shape index (κ3) is 4.62. The van der Waals surface area contributed by atoms with Gasteiger partial charge in [0.15, 0.2) is 10.9 Å². The number of ether oxygens (including phenoxy) is 2. The molecule has 2 aromatic heterocycles. The highest BCUT2D eigenvalue weighted by Crippen LogP contribution is 2.44. The quantitative estimate of drug-likeness (QED) is 0.244. The number of amides is 1. The molecule has 180 valence electrons. The molecule has 0 saturated heterocycles. The molecule has 1 amide bonds. The second-order valence-electron chi connectivity index (χ2n) is 7.45. The van der Waals surface area contributed by atoms with E-state index in [4.69, 9.17) is 9.47 Å². The van der Waals surface area contributed by atoms with Gasteiger partial charge in [-0.25, -0.2) is 9.78 Å². The SMILES string of the molecule is C=CCOC(=O)c1sc(N2C(=O)C(O)=C(C(=O)c3cccs3)C2c2cccc(OCC)c2)nc1C. The molecular weight excluding hydrogens is 488 g/mol. The van der Waals surface area contributed by atoms with E-state index in [1.54, 1.807) is 48.7 Å². The molecule has 1 aliphatic rings. The number of nitrogens with zero attached hydrogens (tertiary/aromatic N) is 2. The normalized spacial score (nSPS) is 15.4. The molecule has 1 aliphatic heterocycles. The van der Waals surface area contributed by atoms with Crippen LogP contribution in [0.3, 0.4) is 0 Å². The number of anilines is 1. The smallest absolute Gasteiger partial charge is 0.350 e. The van der Waals surface area contributed by atoms with Gasteiger partial charge >= 0.3 is 5.97 Å². The van der Waals surface area contributed by atoms with Crippen molar-refractivity contribution in [3.05, 3.63) is 86.8 Å². The van der Waals surface area contributed by atoms with Crippen molar-refractivity contribution in [3.8, 4) is 5.75 Å². The van der Waals surface area contributed by atoms with Crippen LogP contribution in [0.5, 0.6) is 5.75 Å². The molecule has 1 unspecified atom stereocenters. The number of aryl methyl sites for hydroxylation is 1. The molecule has 1 atom stereocenters.